The van der Waals surface area contributed by atoms with E-state index >= 15 is 0 Å². The first kappa shape index (κ1) is 17.0. The van der Waals surface area contributed by atoms with Gasteiger partial charge in [-0.2, -0.15) is 0 Å². The lowest BCUT2D eigenvalue weighted by atomic mass is 10.0. The van der Waals surface area contributed by atoms with Crippen molar-refractivity contribution in [3.8, 4) is 0 Å². The Hall–Kier alpha value is -2.08. The molecule has 1 aromatic rings. The van der Waals surface area contributed by atoms with Crippen LogP contribution in [-0.2, 0) is 4.74 Å². The van der Waals surface area contributed by atoms with E-state index in [0.717, 1.165) is 5.56 Å². The number of rotatable bonds is 5. The second kappa shape index (κ2) is 6.58. The minimum Gasteiger partial charge on any atom is -0.478 e. The van der Waals surface area contributed by atoms with Crippen LogP contribution >= 0.6 is 0 Å². The molecule has 0 fully saturated rings. The highest BCUT2D eigenvalue weighted by atomic mass is 16.5. The van der Waals surface area contributed by atoms with E-state index in [1.54, 1.807) is 27.0 Å². The van der Waals surface area contributed by atoms with Crippen molar-refractivity contribution in [1.82, 2.24) is 5.32 Å². The van der Waals surface area contributed by atoms with E-state index in [1.165, 1.54) is 6.07 Å². The number of carbonyl (C=O) groups is 2. The van der Waals surface area contributed by atoms with Gasteiger partial charge in [-0.1, -0.05) is 0 Å². The molecule has 0 heterocycles. The van der Waals surface area contributed by atoms with Crippen LogP contribution in [0.2, 0.25) is 0 Å². The van der Waals surface area contributed by atoms with E-state index in [9.17, 15) is 9.59 Å². The van der Waals surface area contributed by atoms with E-state index in [4.69, 9.17) is 9.84 Å². The van der Waals surface area contributed by atoms with Gasteiger partial charge in [0.05, 0.1) is 11.2 Å². The van der Waals surface area contributed by atoms with Crippen molar-refractivity contribution in [3.63, 3.8) is 0 Å². The predicted molar refractivity (Wildman–Crippen MR) is 81.0 cm³/mol. The molecule has 0 saturated heterocycles. The second-order valence-corrected chi connectivity index (χ2v) is 5.54. The van der Waals surface area contributed by atoms with Gasteiger partial charge in [-0.15, -0.1) is 0 Å². The summed E-state index contributed by atoms with van der Waals surface area (Å²) in [6.45, 7) is 7.59. The van der Waals surface area contributed by atoms with Crippen molar-refractivity contribution in [2.75, 3.05) is 19.0 Å². The zero-order chi connectivity index (χ0) is 16.2. The highest BCUT2D eigenvalue weighted by Gasteiger charge is 2.18. The summed E-state index contributed by atoms with van der Waals surface area (Å²) in [6.07, 6.45) is 0. The Bertz CT molecular complexity index is 553. The fraction of sp³-hybridized carbons (Fsp3) is 0.467. The summed E-state index contributed by atoms with van der Waals surface area (Å²) in [5.74, 6) is -1.01. The maximum Gasteiger partial charge on any atom is 0.336 e. The number of carboxylic acids is 1. The zero-order valence-corrected chi connectivity index (χ0v) is 13.0. The quantitative estimate of drug-likeness (QED) is 0.778. The summed E-state index contributed by atoms with van der Waals surface area (Å²) < 4.78 is 5.20. The van der Waals surface area contributed by atoms with Crippen LogP contribution in [0.4, 0.5) is 10.5 Å². The van der Waals surface area contributed by atoms with Gasteiger partial charge in [0.2, 0.25) is 0 Å². The highest BCUT2D eigenvalue weighted by molar-refractivity contribution is 5.94. The van der Waals surface area contributed by atoms with Crippen LogP contribution in [0, 0.1) is 13.8 Å². The molecular weight excluding hydrogens is 272 g/mol. The van der Waals surface area contributed by atoms with Crippen molar-refractivity contribution in [2.24, 2.45) is 0 Å². The fourth-order valence-corrected chi connectivity index (χ4v) is 1.69. The van der Waals surface area contributed by atoms with E-state index in [1.807, 2.05) is 13.8 Å². The Morgan fingerprint density at radius 3 is 2.43 bits per heavy atom. The van der Waals surface area contributed by atoms with E-state index in [0.29, 0.717) is 17.8 Å². The van der Waals surface area contributed by atoms with Gasteiger partial charge in [0.15, 0.2) is 0 Å². The van der Waals surface area contributed by atoms with Crippen LogP contribution < -0.4 is 10.6 Å². The van der Waals surface area contributed by atoms with Crippen LogP contribution in [0.1, 0.15) is 35.3 Å². The third-order valence-electron chi connectivity index (χ3n) is 3.38. The molecule has 21 heavy (non-hydrogen) atoms. The lowest BCUT2D eigenvalue weighted by Gasteiger charge is -2.23. The third-order valence-corrected chi connectivity index (χ3v) is 3.38. The number of amides is 2. The molecule has 116 valence electrons. The van der Waals surface area contributed by atoms with E-state index in [2.05, 4.69) is 10.6 Å². The monoisotopic (exact) mass is 294 g/mol. The number of hydrogen-bond acceptors (Lipinski definition) is 3. The predicted octanol–water partition coefficient (Wildman–Crippen LogP) is 2.55. The summed E-state index contributed by atoms with van der Waals surface area (Å²) in [6, 6.07) is 2.79. The summed E-state index contributed by atoms with van der Waals surface area (Å²) in [7, 11) is 1.57. The molecule has 3 N–H and O–H groups in total. The maximum atomic E-state index is 11.8. The Morgan fingerprint density at radius 1 is 1.29 bits per heavy atom. The molecule has 6 heteroatoms. The maximum absolute atomic E-state index is 11.8. The third kappa shape index (κ3) is 4.75. The van der Waals surface area contributed by atoms with E-state index < -0.39 is 17.6 Å². The first-order chi connectivity index (χ1) is 9.66. The number of aromatic carboxylic acids is 1. The molecule has 0 spiro atoms. The van der Waals surface area contributed by atoms with E-state index in [-0.39, 0.29) is 5.56 Å². The number of carbonyl (C=O) groups excluding carboxylic acids is 1. The standard InChI is InChI=1S/C15H22N2O4/c1-9-6-11(7-12(10(9)2)13(18)19)17-14(20)16-8-15(3,4)21-5/h6-7H,8H2,1-5H3,(H,18,19)(H2,16,17,20). The van der Waals surface area contributed by atoms with Gasteiger partial charge >= 0.3 is 12.0 Å². The van der Waals surface area contributed by atoms with Crippen LogP contribution in [0.25, 0.3) is 0 Å². The topological polar surface area (TPSA) is 87.7 Å². The molecule has 0 aliphatic rings. The molecule has 1 rings (SSSR count). The van der Waals surface area contributed by atoms with Gasteiger partial charge in [0.25, 0.3) is 0 Å². The molecule has 0 unspecified atom stereocenters. The van der Waals surface area contributed by atoms with Crippen molar-refractivity contribution < 1.29 is 19.4 Å². The second-order valence-electron chi connectivity index (χ2n) is 5.54. The molecule has 0 saturated carbocycles. The first-order valence-corrected chi connectivity index (χ1v) is 6.61. The van der Waals surface area contributed by atoms with Crippen molar-refractivity contribution in [3.05, 3.63) is 28.8 Å². The van der Waals surface area contributed by atoms with Crippen LogP contribution in [0.15, 0.2) is 12.1 Å². The van der Waals surface area contributed by atoms with Crippen LogP contribution in [0.5, 0.6) is 0 Å². The SMILES string of the molecule is COC(C)(C)CNC(=O)Nc1cc(C)c(C)c(C(=O)O)c1. The van der Waals surface area contributed by atoms with Crippen molar-refractivity contribution in [1.29, 1.82) is 0 Å². The van der Waals surface area contributed by atoms with Crippen LogP contribution in [-0.4, -0.2) is 36.4 Å². The molecule has 0 bridgehead atoms. The van der Waals surface area contributed by atoms with Gasteiger partial charge < -0.3 is 20.5 Å². The van der Waals surface area contributed by atoms with Gasteiger partial charge in [0.1, 0.15) is 0 Å². The number of benzene rings is 1. The van der Waals surface area contributed by atoms with Gasteiger partial charge in [-0.3, -0.25) is 0 Å². The zero-order valence-electron chi connectivity index (χ0n) is 13.0. The highest BCUT2D eigenvalue weighted by Crippen LogP contribution is 2.20. The lowest BCUT2D eigenvalue weighted by Crippen LogP contribution is -2.41. The fourth-order valence-electron chi connectivity index (χ4n) is 1.69. The minimum atomic E-state index is -1.01. The molecule has 2 amide bonds. The lowest BCUT2D eigenvalue weighted by molar-refractivity contribution is 0.0257. The van der Waals surface area contributed by atoms with Crippen LogP contribution in [0.3, 0.4) is 0 Å². The van der Waals surface area contributed by atoms with Gasteiger partial charge in [-0.25, -0.2) is 9.59 Å². The largest absolute Gasteiger partial charge is 0.478 e. The summed E-state index contributed by atoms with van der Waals surface area (Å²) in [5.41, 5.74) is 1.66. The van der Waals surface area contributed by atoms with Gasteiger partial charge in [0, 0.05) is 19.3 Å². The first-order valence-electron chi connectivity index (χ1n) is 6.61. The number of urea groups is 1. The number of ether oxygens (including phenoxy) is 1. The number of aryl methyl sites for hydroxylation is 1. The Morgan fingerprint density at radius 2 is 1.90 bits per heavy atom. The molecular formula is C15H22N2O4. The summed E-state index contributed by atoms with van der Waals surface area (Å²) in [4.78, 5) is 23.0. The Balaban J connectivity index is 2.80. The average molecular weight is 294 g/mol. The molecule has 0 aliphatic heterocycles. The number of carboxylic acid groups (broad SMARTS) is 1. The summed E-state index contributed by atoms with van der Waals surface area (Å²) in [5, 5.41) is 14.5. The van der Waals surface area contributed by atoms with Crippen molar-refractivity contribution in [2.45, 2.75) is 33.3 Å². The molecule has 6 nitrogen and oxygen atoms in total. The number of hydrogen-bond donors (Lipinski definition) is 3. The smallest absolute Gasteiger partial charge is 0.336 e. The number of methoxy groups -OCH3 is 1. The molecule has 0 radical (unpaired) electrons. The number of nitrogens with one attached hydrogen (secondary N) is 2. The molecule has 0 aromatic heterocycles. The average Bonchev–Trinajstić information content (AvgIpc) is 2.40. The van der Waals surface area contributed by atoms with Gasteiger partial charge in [-0.05, 0) is 51.0 Å². The molecule has 0 atom stereocenters. The Kier molecular flexibility index (Phi) is 5.32. The summed E-state index contributed by atoms with van der Waals surface area (Å²) >= 11 is 0. The van der Waals surface area contributed by atoms with Crippen molar-refractivity contribution >= 4 is 17.7 Å². The molecule has 0 aliphatic carbocycles. The normalized spacial score (nSPS) is 11.1. The Labute approximate surface area is 124 Å². The number of anilines is 1. The molecule has 1 aromatic carbocycles. The minimum absolute atomic E-state index is 0.183.